The molecule has 0 radical (unpaired) electrons. The van der Waals surface area contributed by atoms with E-state index in [-0.39, 0.29) is 11.7 Å². The number of primary amides is 1. The maximum atomic E-state index is 13.7. The average Bonchev–Trinajstić information content (AvgIpc) is 2.38. The molecule has 0 aliphatic rings. The van der Waals surface area contributed by atoms with Crippen molar-refractivity contribution in [2.75, 3.05) is 13.2 Å². The van der Waals surface area contributed by atoms with Gasteiger partial charge in [0.15, 0.2) is 0 Å². The minimum Gasteiger partial charge on any atom is -0.379 e. The Morgan fingerprint density at radius 3 is 2.75 bits per heavy atom. The van der Waals surface area contributed by atoms with Gasteiger partial charge in [0.25, 0.3) is 0 Å². The zero-order valence-corrected chi connectivity index (χ0v) is 12.1. The van der Waals surface area contributed by atoms with Crippen LogP contribution < -0.4 is 11.1 Å². The van der Waals surface area contributed by atoms with Gasteiger partial charge in [0.2, 0.25) is 5.91 Å². The summed E-state index contributed by atoms with van der Waals surface area (Å²) in [7, 11) is 0. The number of nitrogens with two attached hydrogens (primary N) is 1. The number of ether oxygens (including phenoxy) is 1. The Hall–Kier alpha value is -1.46. The summed E-state index contributed by atoms with van der Waals surface area (Å²) in [5.41, 5.74) is 5.82. The van der Waals surface area contributed by atoms with Crippen LogP contribution in [0, 0.1) is 5.82 Å². The fraction of sp³-hybridized carbons (Fsp3) is 0.533. The van der Waals surface area contributed by atoms with Crippen molar-refractivity contribution >= 4 is 5.91 Å². The zero-order chi connectivity index (χ0) is 15.0. The Kier molecular flexibility index (Phi) is 7.18. The molecule has 1 aromatic carbocycles. The van der Waals surface area contributed by atoms with E-state index in [1.807, 2.05) is 13.8 Å². The number of amides is 1. The molecule has 0 saturated carbocycles. The third kappa shape index (κ3) is 6.12. The second-order valence-electron chi connectivity index (χ2n) is 4.97. The first-order chi connectivity index (χ1) is 9.50. The van der Waals surface area contributed by atoms with E-state index in [2.05, 4.69) is 5.32 Å². The van der Waals surface area contributed by atoms with Gasteiger partial charge in [-0.3, -0.25) is 4.79 Å². The number of halogens is 1. The van der Waals surface area contributed by atoms with Crippen molar-refractivity contribution in [1.82, 2.24) is 5.32 Å². The van der Waals surface area contributed by atoms with E-state index in [0.29, 0.717) is 12.1 Å². The molecule has 0 spiro atoms. The largest absolute Gasteiger partial charge is 0.379 e. The molecule has 1 amide bonds. The summed E-state index contributed by atoms with van der Waals surface area (Å²) in [5, 5.41) is 3.17. The SMILES string of the molecule is CC(C)OCCCCNCc1ccc(C(N)=O)cc1F. The molecule has 0 heterocycles. The minimum atomic E-state index is -0.617. The molecular formula is C15H23FN2O2. The van der Waals surface area contributed by atoms with Crippen LogP contribution in [0.4, 0.5) is 4.39 Å². The lowest BCUT2D eigenvalue weighted by Crippen LogP contribution is -2.17. The van der Waals surface area contributed by atoms with Crippen molar-refractivity contribution in [3.63, 3.8) is 0 Å². The molecule has 4 nitrogen and oxygen atoms in total. The van der Waals surface area contributed by atoms with Crippen LogP contribution in [0.2, 0.25) is 0 Å². The number of nitrogens with one attached hydrogen (secondary N) is 1. The second kappa shape index (κ2) is 8.66. The molecular weight excluding hydrogens is 259 g/mol. The Morgan fingerprint density at radius 1 is 1.40 bits per heavy atom. The first-order valence-electron chi connectivity index (χ1n) is 6.91. The van der Waals surface area contributed by atoms with Crippen LogP contribution >= 0.6 is 0 Å². The van der Waals surface area contributed by atoms with E-state index in [1.165, 1.54) is 6.07 Å². The summed E-state index contributed by atoms with van der Waals surface area (Å²) in [5.74, 6) is -1.02. The molecule has 0 atom stereocenters. The third-order valence-corrected chi connectivity index (χ3v) is 2.85. The van der Waals surface area contributed by atoms with Crippen molar-refractivity contribution in [2.24, 2.45) is 5.73 Å². The molecule has 0 aliphatic carbocycles. The van der Waals surface area contributed by atoms with Crippen LogP contribution in [0.3, 0.4) is 0 Å². The average molecular weight is 282 g/mol. The standard InChI is InChI=1S/C15H23FN2O2/c1-11(2)20-8-4-3-7-18-10-13-6-5-12(15(17)19)9-14(13)16/h5-6,9,11,18H,3-4,7-8,10H2,1-2H3,(H2,17,19). The topological polar surface area (TPSA) is 64.3 Å². The third-order valence-electron chi connectivity index (χ3n) is 2.85. The predicted molar refractivity (Wildman–Crippen MR) is 76.9 cm³/mol. The summed E-state index contributed by atoms with van der Waals surface area (Å²) in [6.07, 6.45) is 2.22. The van der Waals surface area contributed by atoms with Crippen molar-refractivity contribution in [1.29, 1.82) is 0 Å². The summed E-state index contributed by atoms with van der Waals surface area (Å²) in [6.45, 7) is 6.02. The van der Waals surface area contributed by atoms with E-state index in [1.54, 1.807) is 12.1 Å². The van der Waals surface area contributed by atoms with Crippen LogP contribution in [0.25, 0.3) is 0 Å². The minimum absolute atomic E-state index is 0.192. The summed E-state index contributed by atoms with van der Waals surface area (Å²) >= 11 is 0. The first-order valence-corrected chi connectivity index (χ1v) is 6.91. The molecule has 20 heavy (non-hydrogen) atoms. The Balaban J connectivity index is 2.24. The molecule has 3 N–H and O–H groups in total. The Labute approximate surface area is 119 Å². The predicted octanol–water partition coefficient (Wildman–Crippen LogP) is 2.22. The quantitative estimate of drug-likeness (QED) is 0.683. The van der Waals surface area contributed by atoms with Crippen molar-refractivity contribution in [2.45, 2.75) is 39.3 Å². The lowest BCUT2D eigenvalue weighted by molar-refractivity contribution is 0.0760. The highest BCUT2D eigenvalue weighted by Crippen LogP contribution is 2.10. The van der Waals surface area contributed by atoms with E-state index in [9.17, 15) is 9.18 Å². The van der Waals surface area contributed by atoms with Crippen LogP contribution in [0.5, 0.6) is 0 Å². The van der Waals surface area contributed by atoms with Crippen molar-refractivity contribution < 1.29 is 13.9 Å². The Bertz CT molecular complexity index is 436. The van der Waals surface area contributed by atoms with Gasteiger partial charge >= 0.3 is 0 Å². The number of carbonyl (C=O) groups is 1. The van der Waals surface area contributed by atoms with E-state index >= 15 is 0 Å². The van der Waals surface area contributed by atoms with Gasteiger partial charge in [-0.15, -0.1) is 0 Å². The first kappa shape index (κ1) is 16.6. The molecule has 0 bridgehead atoms. The summed E-state index contributed by atoms with van der Waals surface area (Å²) in [4.78, 5) is 10.9. The summed E-state index contributed by atoms with van der Waals surface area (Å²) in [6, 6.07) is 4.30. The summed E-state index contributed by atoms with van der Waals surface area (Å²) < 4.78 is 19.1. The molecule has 0 aliphatic heterocycles. The molecule has 0 aromatic heterocycles. The normalized spacial score (nSPS) is 11.0. The van der Waals surface area contributed by atoms with Gasteiger partial charge in [-0.2, -0.15) is 0 Å². The van der Waals surface area contributed by atoms with Crippen LogP contribution in [-0.2, 0) is 11.3 Å². The number of rotatable bonds is 9. The molecule has 5 heteroatoms. The molecule has 0 fully saturated rings. The van der Waals surface area contributed by atoms with Crippen LogP contribution in [0.1, 0.15) is 42.6 Å². The highest BCUT2D eigenvalue weighted by Gasteiger charge is 2.06. The molecule has 1 rings (SSSR count). The number of benzene rings is 1. The van der Waals surface area contributed by atoms with E-state index in [0.717, 1.165) is 26.0 Å². The van der Waals surface area contributed by atoms with Crippen LogP contribution in [-0.4, -0.2) is 25.2 Å². The fourth-order valence-electron chi connectivity index (χ4n) is 1.74. The molecule has 112 valence electrons. The van der Waals surface area contributed by atoms with Gasteiger partial charge < -0.3 is 15.8 Å². The smallest absolute Gasteiger partial charge is 0.248 e. The number of unbranched alkanes of at least 4 members (excludes halogenated alkanes) is 1. The maximum Gasteiger partial charge on any atom is 0.248 e. The van der Waals surface area contributed by atoms with Crippen LogP contribution in [0.15, 0.2) is 18.2 Å². The molecule has 1 aromatic rings. The highest BCUT2D eigenvalue weighted by atomic mass is 19.1. The number of carbonyl (C=O) groups excluding carboxylic acids is 1. The van der Waals surface area contributed by atoms with E-state index in [4.69, 9.17) is 10.5 Å². The number of hydrogen-bond donors (Lipinski definition) is 2. The fourth-order valence-corrected chi connectivity index (χ4v) is 1.74. The van der Waals surface area contributed by atoms with Gasteiger partial charge in [0, 0.05) is 24.3 Å². The highest BCUT2D eigenvalue weighted by molar-refractivity contribution is 5.92. The van der Waals surface area contributed by atoms with Crippen molar-refractivity contribution in [3.8, 4) is 0 Å². The second-order valence-corrected chi connectivity index (χ2v) is 4.97. The van der Waals surface area contributed by atoms with Gasteiger partial charge in [-0.1, -0.05) is 6.07 Å². The number of hydrogen-bond acceptors (Lipinski definition) is 3. The van der Waals surface area contributed by atoms with Crippen molar-refractivity contribution in [3.05, 3.63) is 35.1 Å². The van der Waals surface area contributed by atoms with Gasteiger partial charge in [-0.25, -0.2) is 4.39 Å². The zero-order valence-electron chi connectivity index (χ0n) is 12.1. The van der Waals surface area contributed by atoms with Gasteiger partial charge in [0.1, 0.15) is 5.82 Å². The maximum absolute atomic E-state index is 13.7. The van der Waals surface area contributed by atoms with Gasteiger partial charge in [-0.05, 0) is 45.4 Å². The molecule has 0 unspecified atom stereocenters. The lowest BCUT2D eigenvalue weighted by Gasteiger charge is -2.08. The van der Waals surface area contributed by atoms with Gasteiger partial charge in [0.05, 0.1) is 6.10 Å². The van der Waals surface area contributed by atoms with E-state index < -0.39 is 11.7 Å². The Morgan fingerprint density at radius 2 is 2.15 bits per heavy atom. The lowest BCUT2D eigenvalue weighted by atomic mass is 10.1. The monoisotopic (exact) mass is 282 g/mol. The molecule has 0 saturated heterocycles.